The summed E-state index contributed by atoms with van der Waals surface area (Å²) in [5, 5.41) is 18.3. The van der Waals surface area contributed by atoms with Gasteiger partial charge in [-0.2, -0.15) is 0 Å². The van der Waals surface area contributed by atoms with Crippen LogP contribution < -0.4 is 10.2 Å². The van der Waals surface area contributed by atoms with Crippen LogP contribution in [0.25, 0.3) is 0 Å². The van der Waals surface area contributed by atoms with Crippen LogP contribution >= 0.6 is 0 Å². The van der Waals surface area contributed by atoms with E-state index in [1.165, 1.54) is 0 Å². The summed E-state index contributed by atoms with van der Waals surface area (Å²) in [4.78, 5) is 18.3. The van der Waals surface area contributed by atoms with E-state index in [1.807, 2.05) is 0 Å². The summed E-state index contributed by atoms with van der Waals surface area (Å²) in [7, 11) is 0. The van der Waals surface area contributed by atoms with E-state index in [2.05, 4.69) is 13.2 Å². The van der Waals surface area contributed by atoms with Gasteiger partial charge >= 0.3 is 54.5 Å². The zero-order valence-corrected chi connectivity index (χ0v) is 9.49. The van der Waals surface area contributed by atoms with E-state index in [-0.39, 0.29) is 57.4 Å². The molecule has 12 heavy (non-hydrogen) atoms. The first-order chi connectivity index (χ1) is 4.54. The van der Waals surface area contributed by atoms with Crippen molar-refractivity contribution in [3.8, 4) is 0 Å². The van der Waals surface area contributed by atoms with E-state index in [9.17, 15) is 0 Å². The van der Waals surface area contributed by atoms with E-state index >= 15 is 0 Å². The molecule has 0 bridgehead atoms. The summed E-state index contributed by atoms with van der Waals surface area (Å²) in [6.45, 7) is 5.80. The van der Waals surface area contributed by atoms with Crippen molar-refractivity contribution in [2.45, 2.75) is 0 Å². The Bertz CT molecular complexity index is 148. The first-order valence-corrected chi connectivity index (χ1v) is 2.21. The standard InChI is InChI=1S/2C3H4O2.Ca.Co.2H/c2*1-2-3(4)5;;;;/h2*2H,1H2,(H,4,5);;;;/q;;2*+2;2*-1/p-2. The fraction of sp³-hybridized carbons (Fsp3) is 0. The van der Waals surface area contributed by atoms with Gasteiger partial charge in [-0.1, -0.05) is 13.2 Å². The van der Waals surface area contributed by atoms with E-state index in [0.717, 1.165) is 12.2 Å². The predicted molar refractivity (Wildman–Crippen MR) is 38.4 cm³/mol. The van der Waals surface area contributed by atoms with Gasteiger partial charge < -0.3 is 22.7 Å². The van der Waals surface area contributed by atoms with E-state index < -0.39 is 11.9 Å². The third-order valence-corrected chi connectivity index (χ3v) is 0.333. The average molecular weight is 243 g/mol. The molecule has 0 saturated carbocycles. The fourth-order valence-corrected chi connectivity index (χ4v) is 0. The minimum absolute atomic E-state index is 0. The van der Waals surface area contributed by atoms with Crippen molar-refractivity contribution in [2.24, 2.45) is 0 Å². The van der Waals surface area contributed by atoms with Crippen molar-refractivity contribution in [2.75, 3.05) is 0 Å². The van der Waals surface area contributed by atoms with Gasteiger partial charge in [0.15, 0.2) is 0 Å². The molecule has 0 aliphatic heterocycles. The summed E-state index contributed by atoms with van der Waals surface area (Å²) in [6, 6.07) is 0. The molecule has 0 fully saturated rings. The Hall–Kier alpha value is 0.186. The molecule has 0 amide bonds. The van der Waals surface area contributed by atoms with Crippen LogP contribution in [0.1, 0.15) is 2.85 Å². The Morgan fingerprint density at radius 3 is 1.17 bits per heavy atom. The molecule has 6 heteroatoms. The molecular formula is C6H8CaCoO4. The first-order valence-electron chi connectivity index (χ1n) is 2.21. The Morgan fingerprint density at radius 1 is 1.08 bits per heavy atom. The van der Waals surface area contributed by atoms with Gasteiger partial charge in [0, 0.05) is 0 Å². The van der Waals surface area contributed by atoms with Crippen molar-refractivity contribution in [3.63, 3.8) is 0 Å². The minimum Gasteiger partial charge on any atom is -1.00 e. The molecule has 0 aliphatic rings. The normalized spacial score (nSPS) is 5.33. The molecule has 0 aromatic carbocycles. The Balaban J connectivity index is -0.0000000178. The second-order valence-electron chi connectivity index (χ2n) is 1.05. The molecule has 0 rings (SSSR count). The number of aliphatic carboxylic acids is 2. The summed E-state index contributed by atoms with van der Waals surface area (Å²) >= 11 is 0. The maximum Gasteiger partial charge on any atom is 2.00 e. The monoisotopic (exact) mass is 243 g/mol. The topological polar surface area (TPSA) is 80.3 Å². The van der Waals surface area contributed by atoms with Crippen LogP contribution in [0.15, 0.2) is 25.3 Å². The summed E-state index contributed by atoms with van der Waals surface area (Å²) in [6.07, 6.45) is 1.44. The molecular weight excluding hydrogens is 235 g/mol. The van der Waals surface area contributed by atoms with Crippen LogP contribution in [0.3, 0.4) is 0 Å². The molecule has 0 aromatic heterocycles. The number of hydrogen-bond donors (Lipinski definition) is 0. The first kappa shape index (κ1) is 22.8. The SMILES string of the molecule is C=CC(=O)[O-].C=CC(=O)[O-].[Ca+2].[Co+2].[H-].[H-]. The number of carbonyl (C=O) groups is 2. The van der Waals surface area contributed by atoms with Crippen molar-refractivity contribution >= 4 is 49.7 Å². The summed E-state index contributed by atoms with van der Waals surface area (Å²) in [5.74, 6) is -2.46. The Labute approximate surface area is 114 Å². The molecule has 0 saturated heterocycles. The predicted octanol–water partition coefficient (Wildman–Crippen LogP) is -2.31. The van der Waals surface area contributed by atoms with Gasteiger partial charge in [-0.15, -0.1) is 0 Å². The number of hydrogen-bond acceptors (Lipinski definition) is 4. The molecule has 0 heterocycles. The second-order valence-corrected chi connectivity index (χ2v) is 1.05. The molecule has 4 nitrogen and oxygen atoms in total. The zero-order valence-electron chi connectivity index (χ0n) is 8.24. The van der Waals surface area contributed by atoms with E-state index in [4.69, 9.17) is 19.8 Å². The van der Waals surface area contributed by atoms with Crippen molar-refractivity contribution in [1.82, 2.24) is 0 Å². The zero-order chi connectivity index (χ0) is 8.57. The molecule has 1 radical (unpaired) electrons. The summed E-state index contributed by atoms with van der Waals surface area (Å²) < 4.78 is 0. The van der Waals surface area contributed by atoms with Gasteiger partial charge in [-0.3, -0.25) is 0 Å². The molecule has 0 N–H and O–H groups in total. The average Bonchev–Trinajstić information content (AvgIpc) is 1.89. The molecule has 67 valence electrons. The molecule has 0 aromatic rings. The third-order valence-electron chi connectivity index (χ3n) is 0.333. The van der Waals surface area contributed by atoms with Crippen molar-refractivity contribution < 1.29 is 39.4 Å². The van der Waals surface area contributed by atoms with Gasteiger partial charge in [0.05, 0.1) is 11.9 Å². The Kier molecular flexibility index (Phi) is 32.8. The van der Waals surface area contributed by atoms with Crippen LogP contribution in [-0.4, -0.2) is 49.7 Å². The number of carboxylic acid groups (broad SMARTS) is 2. The molecule has 0 aliphatic carbocycles. The largest absolute Gasteiger partial charge is 2.00 e. The quantitative estimate of drug-likeness (QED) is 0.403. The van der Waals surface area contributed by atoms with Gasteiger partial charge in [0.2, 0.25) is 0 Å². The van der Waals surface area contributed by atoms with Crippen LogP contribution in [-0.2, 0) is 26.4 Å². The smallest absolute Gasteiger partial charge is 1.00 e. The van der Waals surface area contributed by atoms with Gasteiger partial charge in [0.1, 0.15) is 0 Å². The molecule has 0 unspecified atom stereocenters. The third kappa shape index (κ3) is 49.1. The fourth-order valence-electron chi connectivity index (χ4n) is 0. The van der Waals surface area contributed by atoms with Crippen LogP contribution in [0.2, 0.25) is 0 Å². The van der Waals surface area contributed by atoms with Gasteiger partial charge in [-0.05, 0) is 12.2 Å². The second kappa shape index (κ2) is 17.3. The van der Waals surface area contributed by atoms with Gasteiger partial charge in [-0.25, -0.2) is 0 Å². The summed E-state index contributed by atoms with van der Waals surface area (Å²) in [5.41, 5.74) is 0. The van der Waals surface area contributed by atoms with Crippen molar-refractivity contribution in [3.05, 3.63) is 25.3 Å². The van der Waals surface area contributed by atoms with E-state index in [1.54, 1.807) is 0 Å². The number of carbonyl (C=O) groups excluding carboxylic acids is 2. The molecule has 0 spiro atoms. The van der Waals surface area contributed by atoms with Crippen molar-refractivity contribution in [1.29, 1.82) is 0 Å². The maximum absolute atomic E-state index is 9.14. The van der Waals surface area contributed by atoms with E-state index in [0.29, 0.717) is 0 Å². The van der Waals surface area contributed by atoms with Crippen LogP contribution in [0.4, 0.5) is 0 Å². The van der Waals surface area contributed by atoms with Gasteiger partial charge in [0.25, 0.3) is 0 Å². The Morgan fingerprint density at radius 2 is 1.17 bits per heavy atom. The molecule has 0 atom stereocenters. The van der Waals surface area contributed by atoms with Crippen LogP contribution in [0.5, 0.6) is 0 Å². The minimum atomic E-state index is -1.23. The number of rotatable bonds is 2. The maximum atomic E-state index is 9.14. The van der Waals surface area contributed by atoms with Crippen LogP contribution in [0, 0.1) is 0 Å². The number of carboxylic acids is 2.